The molecule has 22 heavy (non-hydrogen) atoms. The lowest BCUT2D eigenvalue weighted by Gasteiger charge is -2.36. The summed E-state index contributed by atoms with van der Waals surface area (Å²) in [5.74, 6) is -0.102. The maximum absolute atomic E-state index is 12.1. The standard InChI is InChI=1S/C15H23N3O3S/c1-2-12-22(20,21)16-13-15(19)18-10-8-17(9-11-18)14-6-4-3-5-7-14/h3-7,16H,2,8-13H2,1H3. The molecule has 1 fully saturated rings. The summed E-state index contributed by atoms with van der Waals surface area (Å²) >= 11 is 0. The molecule has 1 N–H and O–H groups in total. The van der Waals surface area contributed by atoms with Crippen molar-refractivity contribution in [3.8, 4) is 0 Å². The molecule has 1 saturated heterocycles. The summed E-state index contributed by atoms with van der Waals surface area (Å²) in [5.41, 5.74) is 1.15. The van der Waals surface area contributed by atoms with Crippen molar-refractivity contribution in [3.63, 3.8) is 0 Å². The van der Waals surface area contributed by atoms with Gasteiger partial charge in [0.05, 0.1) is 12.3 Å². The van der Waals surface area contributed by atoms with E-state index in [4.69, 9.17) is 0 Å². The number of anilines is 1. The van der Waals surface area contributed by atoms with Gasteiger partial charge in [-0.05, 0) is 18.6 Å². The van der Waals surface area contributed by atoms with Gasteiger partial charge in [-0.1, -0.05) is 25.1 Å². The summed E-state index contributed by atoms with van der Waals surface area (Å²) in [6.45, 7) is 4.40. The highest BCUT2D eigenvalue weighted by atomic mass is 32.2. The zero-order chi connectivity index (χ0) is 16.0. The highest BCUT2D eigenvalue weighted by Crippen LogP contribution is 2.15. The second kappa shape index (κ2) is 7.60. The van der Waals surface area contributed by atoms with Crippen molar-refractivity contribution >= 4 is 21.6 Å². The van der Waals surface area contributed by atoms with E-state index in [-0.39, 0.29) is 18.2 Å². The molecule has 7 heteroatoms. The number of amides is 1. The van der Waals surface area contributed by atoms with Crippen LogP contribution in [0.25, 0.3) is 0 Å². The number of nitrogens with zero attached hydrogens (tertiary/aromatic N) is 2. The van der Waals surface area contributed by atoms with E-state index in [1.54, 1.807) is 11.8 Å². The minimum Gasteiger partial charge on any atom is -0.368 e. The number of nitrogens with one attached hydrogen (secondary N) is 1. The molecular weight excluding hydrogens is 302 g/mol. The van der Waals surface area contributed by atoms with Crippen LogP contribution in [-0.4, -0.2) is 57.7 Å². The molecule has 0 atom stereocenters. The number of carbonyl (C=O) groups is 1. The van der Waals surface area contributed by atoms with Crippen molar-refractivity contribution in [3.05, 3.63) is 30.3 Å². The lowest BCUT2D eigenvalue weighted by atomic mass is 10.2. The summed E-state index contributed by atoms with van der Waals surface area (Å²) in [7, 11) is -3.33. The second-order valence-electron chi connectivity index (χ2n) is 5.34. The average Bonchev–Trinajstić information content (AvgIpc) is 2.54. The Labute approximate surface area is 132 Å². The minimum atomic E-state index is -3.33. The van der Waals surface area contributed by atoms with Crippen molar-refractivity contribution in [1.82, 2.24) is 9.62 Å². The predicted molar refractivity (Wildman–Crippen MR) is 87.3 cm³/mol. The van der Waals surface area contributed by atoms with Crippen LogP contribution in [0.3, 0.4) is 0 Å². The van der Waals surface area contributed by atoms with Gasteiger partial charge >= 0.3 is 0 Å². The van der Waals surface area contributed by atoms with Gasteiger partial charge in [-0.25, -0.2) is 13.1 Å². The summed E-state index contributed by atoms with van der Waals surface area (Å²) in [5, 5.41) is 0. The Bertz CT molecular complexity index is 581. The van der Waals surface area contributed by atoms with Crippen LogP contribution in [0.5, 0.6) is 0 Å². The Morgan fingerprint density at radius 1 is 1.14 bits per heavy atom. The molecule has 6 nitrogen and oxygen atoms in total. The Kier molecular flexibility index (Phi) is 5.79. The molecule has 1 heterocycles. The third-order valence-corrected chi connectivity index (χ3v) is 5.20. The molecule has 0 saturated carbocycles. The predicted octanol–water partition coefficient (Wildman–Crippen LogP) is 0.665. The minimum absolute atomic E-state index is 0.0576. The van der Waals surface area contributed by atoms with Crippen LogP contribution in [0.1, 0.15) is 13.3 Å². The average molecular weight is 325 g/mol. The fraction of sp³-hybridized carbons (Fsp3) is 0.533. The Morgan fingerprint density at radius 2 is 1.77 bits per heavy atom. The SMILES string of the molecule is CCCS(=O)(=O)NCC(=O)N1CCN(c2ccccc2)CC1. The molecule has 1 aromatic carbocycles. The van der Waals surface area contributed by atoms with E-state index < -0.39 is 10.0 Å². The molecule has 1 aliphatic rings. The number of hydrogen-bond acceptors (Lipinski definition) is 4. The van der Waals surface area contributed by atoms with Crippen molar-refractivity contribution < 1.29 is 13.2 Å². The fourth-order valence-electron chi connectivity index (χ4n) is 2.48. The van der Waals surface area contributed by atoms with E-state index >= 15 is 0 Å². The van der Waals surface area contributed by atoms with Crippen LogP contribution in [0, 0.1) is 0 Å². The van der Waals surface area contributed by atoms with E-state index in [1.165, 1.54) is 0 Å². The van der Waals surface area contributed by atoms with E-state index in [2.05, 4.69) is 21.8 Å². The number of benzene rings is 1. The molecule has 1 amide bonds. The van der Waals surface area contributed by atoms with Crippen LogP contribution in [0.15, 0.2) is 30.3 Å². The van der Waals surface area contributed by atoms with Gasteiger partial charge in [0.25, 0.3) is 0 Å². The third kappa shape index (κ3) is 4.71. The lowest BCUT2D eigenvalue weighted by Crippen LogP contribution is -2.51. The fourth-order valence-corrected chi connectivity index (χ4v) is 3.50. The van der Waals surface area contributed by atoms with Crippen LogP contribution < -0.4 is 9.62 Å². The number of rotatable bonds is 6. The highest BCUT2D eigenvalue weighted by Gasteiger charge is 2.22. The number of para-hydroxylation sites is 1. The smallest absolute Gasteiger partial charge is 0.237 e. The normalized spacial score (nSPS) is 15.9. The van der Waals surface area contributed by atoms with Gasteiger partial charge in [0.1, 0.15) is 0 Å². The van der Waals surface area contributed by atoms with Gasteiger partial charge in [0, 0.05) is 31.9 Å². The van der Waals surface area contributed by atoms with Crippen LogP contribution in [0.4, 0.5) is 5.69 Å². The zero-order valence-corrected chi connectivity index (χ0v) is 13.7. The van der Waals surface area contributed by atoms with Crippen molar-refractivity contribution in [2.75, 3.05) is 43.4 Å². The largest absolute Gasteiger partial charge is 0.368 e. The topological polar surface area (TPSA) is 69.7 Å². The van der Waals surface area contributed by atoms with E-state index in [9.17, 15) is 13.2 Å². The van der Waals surface area contributed by atoms with Crippen molar-refractivity contribution in [2.45, 2.75) is 13.3 Å². The summed E-state index contributed by atoms with van der Waals surface area (Å²) < 4.78 is 25.5. The van der Waals surface area contributed by atoms with E-state index in [0.717, 1.165) is 18.8 Å². The number of hydrogen-bond donors (Lipinski definition) is 1. The van der Waals surface area contributed by atoms with Gasteiger partial charge in [0.2, 0.25) is 15.9 Å². The maximum atomic E-state index is 12.1. The first-order chi connectivity index (χ1) is 10.5. The highest BCUT2D eigenvalue weighted by molar-refractivity contribution is 7.89. The second-order valence-corrected chi connectivity index (χ2v) is 7.27. The molecule has 0 spiro atoms. The molecule has 0 aromatic heterocycles. The molecule has 0 radical (unpaired) electrons. The molecule has 122 valence electrons. The number of carbonyl (C=O) groups excluding carboxylic acids is 1. The Balaban J connectivity index is 1.80. The Morgan fingerprint density at radius 3 is 2.36 bits per heavy atom. The van der Waals surface area contributed by atoms with Crippen molar-refractivity contribution in [2.24, 2.45) is 0 Å². The first-order valence-electron chi connectivity index (χ1n) is 7.57. The zero-order valence-electron chi connectivity index (χ0n) is 12.9. The molecule has 0 unspecified atom stereocenters. The van der Waals surface area contributed by atoms with Crippen LogP contribution in [-0.2, 0) is 14.8 Å². The monoisotopic (exact) mass is 325 g/mol. The quantitative estimate of drug-likeness (QED) is 0.834. The molecule has 2 rings (SSSR count). The van der Waals surface area contributed by atoms with E-state index in [0.29, 0.717) is 19.5 Å². The van der Waals surface area contributed by atoms with Crippen LogP contribution >= 0.6 is 0 Å². The Hall–Kier alpha value is -1.60. The van der Waals surface area contributed by atoms with Gasteiger partial charge < -0.3 is 9.80 Å². The molecule has 1 aromatic rings. The molecular formula is C15H23N3O3S. The lowest BCUT2D eigenvalue weighted by molar-refractivity contribution is -0.130. The van der Waals surface area contributed by atoms with Crippen molar-refractivity contribution in [1.29, 1.82) is 0 Å². The van der Waals surface area contributed by atoms with Gasteiger partial charge in [-0.2, -0.15) is 0 Å². The van der Waals surface area contributed by atoms with Crippen LogP contribution in [0.2, 0.25) is 0 Å². The third-order valence-electron chi connectivity index (χ3n) is 3.67. The van der Waals surface area contributed by atoms with Gasteiger partial charge in [0.15, 0.2) is 0 Å². The first kappa shape index (κ1) is 16.8. The molecule has 0 aliphatic carbocycles. The molecule has 1 aliphatic heterocycles. The first-order valence-corrected chi connectivity index (χ1v) is 9.22. The summed E-state index contributed by atoms with van der Waals surface area (Å²) in [6, 6.07) is 10.1. The molecule has 0 bridgehead atoms. The summed E-state index contributed by atoms with van der Waals surface area (Å²) in [6.07, 6.45) is 0.541. The van der Waals surface area contributed by atoms with Gasteiger partial charge in [-0.15, -0.1) is 0 Å². The maximum Gasteiger partial charge on any atom is 0.237 e. The van der Waals surface area contributed by atoms with E-state index in [1.807, 2.05) is 18.2 Å². The van der Waals surface area contributed by atoms with Gasteiger partial charge in [-0.3, -0.25) is 4.79 Å². The number of piperazine rings is 1. The summed E-state index contributed by atoms with van der Waals surface area (Å²) in [4.78, 5) is 16.0. The number of sulfonamides is 1.